The molecule has 4 aromatic rings. The van der Waals surface area contributed by atoms with E-state index in [1.54, 1.807) is 55.7 Å². The molecule has 0 saturated heterocycles. The van der Waals surface area contributed by atoms with Crippen LogP contribution in [0.2, 0.25) is 0 Å². The molecule has 1 atom stereocenters. The van der Waals surface area contributed by atoms with E-state index in [-0.39, 0.29) is 29.9 Å². The smallest absolute Gasteiger partial charge is 0.243 e. The van der Waals surface area contributed by atoms with Crippen LogP contribution in [0, 0.1) is 0 Å². The number of nitrogens with zero attached hydrogens (tertiary/aromatic N) is 2. The average molecular weight is 565 g/mol. The molecule has 1 heterocycles. The molecule has 0 aliphatic carbocycles. The first-order valence-corrected chi connectivity index (χ1v) is 14.7. The van der Waals surface area contributed by atoms with Gasteiger partial charge in [-0.3, -0.25) is 4.79 Å². The number of hydrogen-bond donors (Lipinski definition) is 0. The zero-order valence-corrected chi connectivity index (χ0v) is 24.2. The number of furan rings is 1. The topological polar surface area (TPSA) is 89.3 Å². The number of carbonyl (C=O) groups is 1. The van der Waals surface area contributed by atoms with Crippen LogP contribution in [-0.4, -0.2) is 56.9 Å². The van der Waals surface area contributed by atoms with Crippen molar-refractivity contribution in [1.29, 1.82) is 0 Å². The van der Waals surface area contributed by atoms with Crippen molar-refractivity contribution in [1.82, 2.24) is 9.21 Å². The first-order chi connectivity index (χ1) is 19.3. The highest BCUT2D eigenvalue weighted by atomic mass is 32.2. The van der Waals surface area contributed by atoms with Crippen LogP contribution in [0.3, 0.4) is 0 Å². The van der Waals surface area contributed by atoms with Crippen molar-refractivity contribution in [3.05, 3.63) is 90.4 Å². The molecule has 1 aromatic heterocycles. The third kappa shape index (κ3) is 6.66. The number of sulfonamides is 1. The Bertz CT molecular complexity index is 1530. The number of amides is 1. The van der Waals surface area contributed by atoms with Crippen molar-refractivity contribution >= 4 is 26.7 Å². The summed E-state index contributed by atoms with van der Waals surface area (Å²) in [6, 6.07) is 21.5. The molecular formula is C31H36N2O6S. The Hall–Kier alpha value is -3.82. The van der Waals surface area contributed by atoms with Crippen LogP contribution in [0.5, 0.6) is 11.5 Å². The van der Waals surface area contributed by atoms with Crippen molar-refractivity contribution in [2.75, 3.05) is 27.3 Å². The summed E-state index contributed by atoms with van der Waals surface area (Å²) >= 11 is 0. The fourth-order valence-corrected chi connectivity index (χ4v) is 6.25. The van der Waals surface area contributed by atoms with Gasteiger partial charge in [0.05, 0.1) is 38.5 Å². The number of carbonyl (C=O) groups excluding carboxylic acids is 1. The van der Waals surface area contributed by atoms with Crippen LogP contribution in [0.25, 0.3) is 10.8 Å². The zero-order chi connectivity index (χ0) is 28.7. The van der Waals surface area contributed by atoms with E-state index in [0.717, 1.165) is 16.3 Å². The van der Waals surface area contributed by atoms with Crippen molar-refractivity contribution in [2.45, 2.75) is 44.2 Å². The van der Waals surface area contributed by atoms with Crippen molar-refractivity contribution in [3.8, 4) is 11.5 Å². The summed E-state index contributed by atoms with van der Waals surface area (Å²) in [7, 11) is -0.789. The van der Waals surface area contributed by atoms with Gasteiger partial charge in [-0.25, -0.2) is 8.42 Å². The van der Waals surface area contributed by atoms with Crippen molar-refractivity contribution in [3.63, 3.8) is 0 Å². The van der Waals surface area contributed by atoms with Gasteiger partial charge in [0.2, 0.25) is 15.9 Å². The first kappa shape index (κ1) is 29.2. The van der Waals surface area contributed by atoms with Gasteiger partial charge in [-0.15, -0.1) is 0 Å². The Morgan fingerprint density at radius 3 is 2.35 bits per heavy atom. The molecule has 0 radical (unpaired) electrons. The van der Waals surface area contributed by atoms with Gasteiger partial charge in [-0.1, -0.05) is 43.3 Å². The second kappa shape index (κ2) is 13.0. The van der Waals surface area contributed by atoms with Gasteiger partial charge in [0.25, 0.3) is 0 Å². The molecule has 4 rings (SSSR count). The number of ether oxygens (including phenoxy) is 2. The Morgan fingerprint density at radius 2 is 1.68 bits per heavy atom. The van der Waals surface area contributed by atoms with E-state index in [4.69, 9.17) is 13.9 Å². The number of benzene rings is 3. The second-order valence-electron chi connectivity index (χ2n) is 9.65. The van der Waals surface area contributed by atoms with Crippen molar-refractivity contribution in [2.24, 2.45) is 0 Å². The molecule has 0 spiro atoms. The summed E-state index contributed by atoms with van der Waals surface area (Å²) in [4.78, 5) is 15.6. The molecule has 8 nitrogen and oxygen atoms in total. The summed E-state index contributed by atoms with van der Waals surface area (Å²) in [5, 5.41) is 1.78. The lowest BCUT2D eigenvalue weighted by Crippen LogP contribution is -2.46. The minimum absolute atomic E-state index is 0.169. The number of rotatable bonds is 13. The Labute approximate surface area is 236 Å². The molecule has 0 saturated carbocycles. The van der Waals surface area contributed by atoms with Crippen LogP contribution in [-0.2, 0) is 27.8 Å². The van der Waals surface area contributed by atoms with Crippen LogP contribution in [0.1, 0.15) is 31.6 Å². The lowest BCUT2D eigenvalue weighted by molar-refractivity contribution is -0.132. The summed E-state index contributed by atoms with van der Waals surface area (Å²) in [5.41, 5.74) is 0.956. The zero-order valence-electron chi connectivity index (χ0n) is 23.4. The molecule has 0 aliphatic heterocycles. The molecule has 3 aromatic carbocycles. The van der Waals surface area contributed by atoms with Crippen LogP contribution in [0.15, 0.2) is 88.4 Å². The van der Waals surface area contributed by atoms with Gasteiger partial charge < -0.3 is 18.8 Å². The highest BCUT2D eigenvalue weighted by molar-refractivity contribution is 7.89. The minimum Gasteiger partial charge on any atom is -0.493 e. The van der Waals surface area contributed by atoms with E-state index in [1.165, 1.54) is 4.31 Å². The molecule has 0 unspecified atom stereocenters. The Balaban J connectivity index is 1.59. The molecular weight excluding hydrogens is 528 g/mol. The molecule has 0 bridgehead atoms. The maximum Gasteiger partial charge on any atom is 0.243 e. The Kier molecular flexibility index (Phi) is 9.50. The standard InChI is InChI=1S/C31H36N2O6S/c1-5-23(2)33(40(35,36)28-14-13-25-9-6-7-10-26(25)20-28)22-31(34)32(21-27-11-8-18-39-27)17-16-24-12-15-29(37-3)30(19-24)38-4/h6-15,18-20,23H,5,16-17,21-22H2,1-4H3/t23-/m1/s1. The monoisotopic (exact) mass is 564 g/mol. The predicted molar refractivity (Wildman–Crippen MR) is 155 cm³/mol. The third-order valence-corrected chi connectivity index (χ3v) is 9.06. The first-order valence-electron chi connectivity index (χ1n) is 13.3. The van der Waals surface area contributed by atoms with E-state index >= 15 is 0 Å². The number of methoxy groups -OCH3 is 2. The lowest BCUT2D eigenvalue weighted by atomic mass is 10.1. The van der Waals surface area contributed by atoms with Crippen LogP contribution >= 0.6 is 0 Å². The highest BCUT2D eigenvalue weighted by Crippen LogP contribution is 2.28. The van der Waals surface area contributed by atoms with Gasteiger partial charge in [0, 0.05) is 12.6 Å². The van der Waals surface area contributed by atoms with Gasteiger partial charge in [-0.05, 0) is 72.5 Å². The van der Waals surface area contributed by atoms with Crippen molar-refractivity contribution < 1.29 is 27.1 Å². The van der Waals surface area contributed by atoms with E-state index in [1.807, 2.05) is 56.3 Å². The lowest BCUT2D eigenvalue weighted by Gasteiger charge is -2.30. The molecule has 0 aliphatic rings. The molecule has 40 heavy (non-hydrogen) atoms. The highest BCUT2D eigenvalue weighted by Gasteiger charge is 2.32. The maximum absolute atomic E-state index is 13.9. The quantitative estimate of drug-likeness (QED) is 0.213. The molecule has 1 amide bonds. The predicted octanol–water partition coefficient (Wildman–Crippen LogP) is 5.51. The van der Waals surface area contributed by atoms with Crippen LogP contribution in [0.4, 0.5) is 0 Å². The summed E-state index contributed by atoms with van der Waals surface area (Å²) in [5.74, 6) is 1.54. The maximum atomic E-state index is 13.9. The minimum atomic E-state index is -3.95. The van der Waals surface area contributed by atoms with Gasteiger partial charge >= 0.3 is 0 Å². The van der Waals surface area contributed by atoms with E-state index < -0.39 is 10.0 Å². The normalized spacial score (nSPS) is 12.4. The molecule has 9 heteroatoms. The fraction of sp³-hybridized carbons (Fsp3) is 0.323. The van der Waals surface area contributed by atoms with E-state index in [0.29, 0.717) is 36.6 Å². The summed E-state index contributed by atoms with van der Waals surface area (Å²) in [6.07, 6.45) is 2.65. The SMILES string of the molecule is CC[C@@H](C)N(CC(=O)N(CCc1ccc(OC)c(OC)c1)Cc1ccco1)S(=O)(=O)c1ccc2ccccc2c1. The summed E-state index contributed by atoms with van der Waals surface area (Å²) < 4.78 is 45.3. The van der Waals surface area contributed by atoms with E-state index in [9.17, 15) is 13.2 Å². The largest absolute Gasteiger partial charge is 0.493 e. The van der Waals surface area contributed by atoms with Gasteiger partial charge in [0.1, 0.15) is 5.76 Å². The average Bonchev–Trinajstić information content (AvgIpc) is 3.50. The molecule has 0 N–H and O–H groups in total. The fourth-order valence-electron chi connectivity index (χ4n) is 4.56. The second-order valence-corrected chi connectivity index (χ2v) is 11.5. The number of fused-ring (bicyclic) bond motifs is 1. The summed E-state index contributed by atoms with van der Waals surface area (Å²) in [6.45, 7) is 4.04. The van der Waals surface area contributed by atoms with Gasteiger partial charge in [-0.2, -0.15) is 4.31 Å². The Morgan fingerprint density at radius 1 is 0.925 bits per heavy atom. The third-order valence-electron chi connectivity index (χ3n) is 7.10. The molecule has 0 fully saturated rings. The van der Waals surface area contributed by atoms with Gasteiger partial charge in [0.15, 0.2) is 11.5 Å². The molecule has 212 valence electrons. The van der Waals surface area contributed by atoms with E-state index in [2.05, 4.69) is 0 Å². The van der Waals surface area contributed by atoms with Crippen LogP contribution < -0.4 is 9.47 Å². The number of hydrogen-bond acceptors (Lipinski definition) is 6.